The van der Waals surface area contributed by atoms with Crippen LogP contribution in [0.3, 0.4) is 0 Å². The van der Waals surface area contributed by atoms with Gasteiger partial charge in [0.1, 0.15) is 6.04 Å². The Kier molecular flexibility index (Phi) is 9.39. The van der Waals surface area contributed by atoms with Crippen LogP contribution in [0.2, 0.25) is 0 Å². The fourth-order valence-corrected chi connectivity index (χ4v) is 5.51. The Labute approximate surface area is 213 Å². The van der Waals surface area contributed by atoms with Gasteiger partial charge in [-0.05, 0) is 37.7 Å². The minimum absolute atomic E-state index is 0.0322. The zero-order valence-electron chi connectivity index (χ0n) is 21.4. The quantitative estimate of drug-likeness (QED) is 0.269. The van der Waals surface area contributed by atoms with Crippen LogP contribution in [-0.4, -0.2) is 47.4 Å². The molecule has 1 saturated carbocycles. The number of aromatic amines is 1. The van der Waals surface area contributed by atoms with Gasteiger partial charge in [-0.3, -0.25) is 14.4 Å². The first-order valence-corrected chi connectivity index (χ1v) is 13.4. The average Bonchev–Trinajstić information content (AvgIpc) is 3.27. The second-order valence-electron chi connectivity index (χ2n) is 10.1. The number of nitrogens with zero attached hydrogens (tertiary/aromatic N) is 1. The van der Waals surface area contributed by atoms with Crippen molar-refractivity contribution in [2.24, 2.45) is 5.92 Å². The number of hydrogen-bond donors (Lipinski definition) is 2. The number of para-hydroxylation sites is 1. The molecule has 2 aromatic rings. The molecule has 1 aromatic carbocycles. The molecule has 4 rings (SSSR count). The molecule has 1 fully saturated rings. The van der Waals surface area contributed by atoms with Crippen molar-refractivity contribution in [3.8, 4) is 0 Å². The van der Waals surface area contributed by atoms with Gasteiger partial charge < -0.3 is 14.6 Å². The number of unbranched alkanes of at least 4 members (excludes halogenated alkanes) is 3. The molecule has 0 radical (unpaired) electrons. The Morgan fingerprint density at radius 3 is 2.56 bits per heavy atom. The van der Waals surface area contributed by atoms with Gasteiger partial charge in [0.15, 0.2) is 0 Å². The standard InChI is InChI=1S/C28H39N3O5/c1-35-28(34)25-17-24-22(21-13-9-10-14-23(21)29-24)18-31(25)27(33)16-8-3-2-7-15-26(32)30-36-19-20-11-5-4-6-12-20/h9-10,13-14,20,25,29H,2-8,11-12,15-19H2,1H3,(H,30,32)/t25-/m1/s1. The summed E-state index contributed by atoms with van der Waals surface area (Å²) in [5.74, 6) is 0.0723. The van der Waals surface area contributed by atoms with Crippen LogP contribution in [-0.2, 0) is 36.9 Å². The predicted molar refractivity (Wildman–Crippen MR) is 137 cm³/mol. The van der Waals surface area contributed by atoms with Crippen LogP contribution in [0.5, 0.6) is 0 Å². The third-order valence-corrected chi connectivity index (χ3v) is 7.57. The Hall–Kier alpha value is -2.87. The number of fused-ring (bicyclic) bond motifs is 3. The Balaban J connectivity index is 1.18. The van der Waals surface area contributed by atoms with Crippen molar-refractivity contribution in [1.82, 2.24) is 15.4 Å². The lowest BCUT2D eigenvalue weighted by molar-refractivity contribution is -0.154. The zero-order chi connectivity index (χ0) is 25.3. The number of rotatable bonds is 11. The zero-order valence-corrected chi connectivity index (χ0v) is 21.4. The van der Waals surface area contributed by atoms with Gasteiger partial charge in [-0.15, -0.1) is 0 Å². The van der Waals surface area contributed by atoms with Gasteiger partial charge in [-0.1, -0.05) is 50.3 Å². The number of benzene rings is 1. The van der Waals surface area contributed by atoms with Gasteiger partial charge in [-0.2, -0.15) is 0 Å². The summed E-state index contributed by atoms with van der Waals surface area (Å²) >= 11 is 0. The molecule has 1 aliphatic heterocycles. The first-order chi connectivity index (χ1) is 17.6. The van der Waals surface area contributed by atoms with Crippen LogP contribution in [0.1, 0.15) is 81.9 Å². The van der Waals surface area contributed by atoms with E-state index in [0.29, 0.717) is 38.3 Å². The van der Waals surface area contributed by atoms with Crippen molar-refractivity contribution >= 4 is 28.7 Å². The molecule has 36 heavy (non-hydrogen) atoms. The molecule has 196 valence electrons. The van der Waals surface area contributed by atoms with Crippen molar-refractivity contribution in [3.63, 3.8) is 0 Å². The maximum atomic E-state index is 13.1. The number of carbonyl (C=O) groups is 3. The summed E-state index contributed by atoms with van der Waals surface area (Å²) in [4.78, 5) is 48.1. The monoisotopic (exact) mass is 497 g/mol. The minimum atomic E-state index is -0.611. The van der Waals surface area contributed by atoms with Crippen molar-refractivity contribution in [1.29, 1.82) is 0 Å². The molecule has 2 amide bonds. The second kappa shape index (κ2) is 12.9. The maximum absolute atomic E-state index is 13.1. The topological polar surface area (TPSA) is 101 Å². The summed E-state index contributed by atoms with van der Waals surface area (Å²) in [5, 5.41) is 1.09. The van der Waals surface area contributed by atoms with Gasteiger partial charge in [0, 0.05) is 48.0 Å². The van der Waals surface area contributed by atoms with Crippen molar-refractivity contribution in [2.75, 3.05) is 13.7 Å². The van der Waals surface area contributed by atoms with Gasteiger partial charge in [0.05, 0.1) is 13.7 Å². The highest BCUT2D eigenvalue weighted by atomic mass is 16.6. The number of hydrogen-bond acceptors (Lipinski definition) is 5. The summed E-state index contributed by atoms with van der Waals surface area (Å²) < 4.78 is 5.01. The lowest BCUT2D eigenvalue weighted by Gasteiger charge is -2.34. The molecule has 0 spiro atoms. The maximum Gasteiger partial charge on any atom is 0.328 e. The Morgan fingerprint density at radius 1 is 1.03 bits per heavy atom. The molecule has 0 saturated heterocycles. The van der Waals surface area contributed by atoms with Crippen molar-refractivity contribution in [2.45, 2.75) is 89.6 Å². The van der Waals surface area contributed by atoms with Crippen molar-refractivity contribution < 1.29 is 24.0 Å². The Bertz CT molecular complexity index is 1040. The lowest BCUT2D eigenvalue weighted by atomic mass is 9.90. The third-order valence-electron chi connectivity index (χ3n) is 7.57. The molecule has 2 N–H and O–H groups in total. The molecule has 1 aliphatic carbocycles. The number of amides is 2. The fourth-order valence-electron chi connectivity index (χ4n) is 5.51. The third kappa shape index (κ3) is 6.66. The second-order valence-corrected chi connectivity index (χ2v) is 10.1. The Morgan fingerprint density at radius 2 is 1.78 bits per heavy atom. The van der Waals surface area contributed by atoms with E-state index < -0.39 is 6.04 Å². The molecule has 1 aromatic heterocycles. The van der Waals surface area contributed by atoms with E-state index in [2.05, 4.69) is 10.5 Å². The van der Waals surface area contributed by atoms with E-state index in [-0.39, 0.29) is 17.8 Å². The largest absolute Gasteiger partial charge is 0.467 e. The first kappa shape index (κ1) is 26.2. The number of hydroxylamine groups is 1. The fraction of sp³-hybridized carbons (Fsp3) is 0.607. The highest BCUT2D eigenvalue weighted by molar-refractivity contribution is 5.89. The van der Waals surface area contributed by atoms with Crippen LogP contribution in [0.4, 0.5) is 0 Å². The SMILES string of the molecule is COC(=O)[C@H]1Cc2[nH]c3ccccc3c2CN1C(=O)CCCCCCC(=O)NOCC1CCCCC1. The summed E-state index contributed by atoms with van der Waals surface area (Å²) in [6.07, 6.45) is 10.7. The number of methoxy groups -OCH3 is 1. The predicted octanol–water partition coefficient (Wildman–Crippen LogP) is 4.56. The molecule has 2 aliphatic rings. The highest BCUT2D eigenvalue weighted by Gasteiger charge is 2.36. The van der Waals surface area contributed by atoms with E-state index in [4.69, 9.17) is 9.57 Å². The van der Waals surface area contributed by atoms with Gasteiger partial charge in [0.25, 0.3) is 0 Å². The number of carbonyl (C=O) groups excluding carboxylic acids is 3. The smallest absolute Gasteiger partial charge is 0.328 e. The molecule has 8 heteroatoms. The molecule has 2 heterocycles. The van der Waals surface area contributed by atoms with Crippen molar-refractivity contribution in [3.05, 3.63) is 35.5 Å². The van der Waals surface area contributed by atoms with E-state index in [1.54, 1.807) is 4.90 Å². The normalized spacial score (nSPS) is 18.1. The summed E-state index contributed by atoms with van der Waals surface area (Å²) in [6, 6.07) is 7.40. The van der Waals surface area contributed by atoms with Gasteiger partial charge in [-0.25, -0.2) is 10.3 Å². The van der Waals surface area contributed by atoms with E-state index in [9.17, 15) is 14.4 Å². The van der Waals surface area contributed by atoms with Gasteiger partial charge in [0.2, 0.25) is 11.8 Å². The van der Waals surface area contributed by atoms with E-state index in [1.165, 1.54) is 39.2 Å². The van der Waals surface area contributed by atoms with E-state index in [1.807, 2.05) is 24.3 Å². The lowest BCUT2D eigenvalue weighted by Crippen LogP contribution is -2.49. The van der Waals surface area contributed by atoms with Crippen LogP contribution < -0.4 is 5.48 Å². The van der Waals surface area contributed by atoms with Crippen LogP contribution >= 0.6 is 0 Å². The molecule has 0 unspecified atom stereocenters. The first-order valence-electron chi connectivity index (χ1n) is 13.4. The summed E-state index contributed by atoms with van der Waals surface area (Å²) in [6.45, 7) is 1.01. The number of aromatic nitrogens is 1. The number of esters is 1. The average molecular weight is 498 g/mol. The molecular formula is C28H39N3O5. The highest BCUT2D eigenvalue weighted by Crippen LogP contribution is 2.31. The van der Waals surface area contributed by atoms with E-state index in [0.717, 1.165) is 47.8 Å². The van der Waals surface area contributed by atoms with Crippen LogP contribution in [0.25, 0.3) is 10.9 Å². The number of nitrogens with one attached hydrogen (secondary N) is 2. The van der Waals surface area contributed by atoms with Crippen LogP contribution in [0, 0.1) is 5.92 Å². The molecule has 1 atom stereocenters. The number of H-pyrrole nitrogens is 1. The minimum Gasteiger partial charge on any atom is -0.467 e. The molecular weight excluding hydrogens is 458 g/mol. The number of ether oxygens (including phenoxy) is 1. The molecule has 0 bridgehead atoms. The van der Waals surface area contributed by atoms with E-state index >= 15 is 0 Å². The summed E-state index contributed by atoms with van der Waals surface area (Å²) in [5.41, 5.74) is 5.67. The summed E-state index contributed by atoms with van der Waals surface area (Å²) in [7, 11) is 1.36. The van der Waals surface area contributed by atoms with Crippen LogP contribution in [0.15, 0.2) is 24.3 Å². The molecule has 8 nitrogen and oxygen atoms in total. The van der Waals surface area contributed by atoms with Gasteiger partial charge >= 0.3 is 5.97 Å².